The third-order valence-electron chi connectivity index (χ3n) is 5.75. The van der Waals surface area contributed by atoms with Gasteiger partial charge in [-0.25, -0.2) is 9.37 Å². The first kappa shape index (κ1) is 22.1. The van der Waals surface area contributed by atoms with E-state index in [-0.39, 0.29) is 17.3 Å². The molecule has 0 bridgehead atoms. The molecule has 0 aliphatic heterocycles. The minimum Gasteiger partial charge on any atom is -0.318 e. The Balaban J connectivity index is 1.84. The number of nitrogens with zero attached hydrogens (tertiary/aromatic N) is 4. The lowest BCUT2D eigenvalue weighted by atomic mass is 10.1. The monoisotopic (exact) mass is 494 g/mol. The molecule has 2 aromatic heterocycles. The van der Waals surface area contributed by atoms with Gasteiger partial charge in [-0.05, 0) is 68.8 Å². The highest BCUT2D eigenvalue weighted by Crippen LogP contribution is 2.22. The summed E-state index contributed by atoms with van der Waals surface area (Å²) in [5.74, 6) is 0.431. The Morgan fingerprint density at radius 1 is 1.16 bits per heavy atom. The third kappa shape index (κ3) is 4.05. The highest BCUT2D eigenvalue weighted by atomic mass is 79.9. The van der Waals surface area contributed by atoms with E-state index in [4.69, 9.17) is 4.98 Å². The van der Waals surface area contributed by atoms with Gasteiger partial charge in [-0.3, -0.25) is 4.79 Å². The topological polar surface area (TPSA) is 52.2 Å². The van der Waals surface area contributed by atoms with Crippen molar-refractivity contribution in [2.75, 3.05) is 0 Å². The quantitative estimate of drug-likeness (QED) is 0.314. The average Bonchev–Trinajstić information content (AvgIpc) is 3.06. The minimum atomic E-state index is -0.273. The number of halogens is 2. The standard InChI is InChI=1S/C25H24BrFN4O/c1-5-15(2)24-29-23-11-6-19(26)13-22(23)25(32)31(24)28-14-18-12-16(3)30(17(18)4)21-9-7-20(27)8-10-21/h6-15H,5H2,1-4H3/t15-/m1/s1. The normalized spacial score (nSPS) is 12.7. The lowest BCUT2D eigenvalue weighted by Crippen LogP contribution is -2.23. The van der Waals surface area contributed by atoms with Gasteiger partial charge in [0.15, 0.2) is 0 Å². The van der Waals surface area contributed by atoms with Gasteiger partial charge in [0, 0.05) is 33.0 Å². The van der Waals surface area contributed by atoms with Crippen LogP contribution in [0.5, 0.6) is 0 Å². The van der Waals surface area contributed by atoms with Gasteiger partial charge in [0.1, 0.15) is 11.6 Å². The third-order valence-corrected chi connectivity index (χ3v) is 6.25. The van der Waals surface area contributed by atoms with Crippen molar-refractivity contribution < 1.29 is 4.39 Å². The van der Waals surface area contributed by atoms with E-state index in [1.807, 2.05) is 43.5 Å². The Morgan fingerprint density at radius 3 is 2.56 bits per heavy atom. The van der Waals surface area contributed by atoms with Crippen LogP contribution < -0.4 is 5.56 Å². The lowest BCUT2D eigenvalue weighted by Gasteiger charge is -2.14. The van der Waals surface area contributed by atoms with Crippen molar-refractivity contribution in [1.82, 2.24) is 14.2 Å². The second-order valence-corrected chi connectivity index (χ2v) is 8.86. The van der Waals surface area contributed by atoms with Crippen LogP contribution in [-0.4, -0.2) is 20.4 Å². The van der Waals surface area contributed by atoms with E-state index in [2.05, 4.69) is 28.0 Å². The summed E-state index contributed by atoms with van der Waals surface area (Å²) < 4.78 is 17.6. The molecule has 0 fully saturated rings. The molecular weight excluding hydrogens is 471 g/mol. The molecule has 0 spiro atoms. The number of hydrogen-bond acceptors (Lipinski definition) is 3. The van der Waals surface area contributed by atoms with Crippen molar-refractivity contribution in [1.29, 1.82) is 0 Å². The molecule has 0 saturated heterocycles. The van der Waals surface area contributed by atoms with Crippen LogP contribution in [0.1, 0.15) is 49.0 Å². The maximum atomic E-state index is 13.4. The molecule has 0 aliphatic rings. The van der Waals surface area contributed by atoms with Crippen molar-refractivity contribution in [3.05, 3.63) is 92.0 Å². The highest BCUT2D eigenvalue weighted by Gasteiger charge is 2.16. The molecule has 32 heavy (non-hydrogen) atoms. The number of benzene rings is 2. The summed E-state index contributed by atoms with van der Waals surface area (Å²) in [5, 5.41) is 5.09. The van der Waals surface area contributed by atoms with Crippen LogP contribution in [0.15, 0.2) is 62.9 Å². The predicted octanol–water partition coefficient (Wildman–Crippen LogP) is 6.10. The Morgan fingerprint density at radius 2 is 1.88 bits per heavy atom. The van der Waals surface area contributed by atoms with Gasteiger partial charge in [0.05, 0.1) is 17.1 Å². The molecule has 0 amide bonds. The average molecular weight is 495 g/mol. The molecule has 0 N–H and O–H groups in total. The first-order chi connectivity index (χ1) is 15.3. The summed E-state index contributed by atoms with van der Waals surface area (Å²) in [6, 6.07) is 13.9. The Labute approximate surface area is 194 Å². The summed E-state index contributed by atoms with van der Waals surface area (Å²) in [7, 11) is 0. The second kappa shape index (κ2) is 8.82. The fraction of sp³-hybridized carbons (Fsp3) is 0.240. The van der Waals surface area contributed by atoms with E-state index in [1.165, 1.54) is 16.8 Å². The number of aryl methyl sites for hydroxylation is 1. The molecule has 0 aliphatic carbocycles. The van der Waals surface area contributed by atoms with E-state index < -0.39 is 0 Å². The SMILES string of the molecule is CC[C@@H](C)c1nc2ccc(Br)cc2c(=O)n1N=Cc1cc(C)n(-c2ccc(F)cc2)c1C. The maximum Gasteiger partial charge on any atom is 0.282 e. The van der Waals surface area contributed by atoms with Crippen LogP contribution in [0.25, 0.3) is 16.6 Å². The maximum absolute atomic E-state index is 13.4. The van der Waals surface area contributed by atoms with Crippen LogP contribution in [0.4, 0.5) is 4.39 Å². The zero-order valence-electron chi connectivity index (χ0n) is 18.4. The van der Waals surface area contributed by atoms with Crippen LogP contribution >= 0.6 is 15.9 Å². The molecule has 164 valence electrons. The van der Waals surface area contributed by atoms with Crippen LogP contribution in [0, 0.1) is 19.7 Å². The summed E-state index contributed by atoms with van der Waals surface area (Å²) in [6.07, 6.45) is 2.53. The van der Waals surface area contributed by atoms with Gasteiger partial charge < -0.3 is 4.57 Å². The predicted molar refractivity (Wildman–Crippen MR) is 131 cm³/mol. The van der Waals surface area contributed by atoms with E-state index in [0.29, 0.717) is 16.7 Å². The fourth-order valence-corrected chi connectivity index (χ4v) is 4.17. The second-order valence-electron chi connectivity index (χ2n) is 7.94. The molecule has 1 atom stereocenters. The first-order valence-electron chi connectivity index (χ1n) is 10.5. The van der Waals surface area contributed by atoms with Gasteiger partial charge in [-0.1, -0.05) is 29.8 Å². The number of fused-ring (bicyclic) bond motifs is 1. The van der Waals surface area contributed by atoms with E-state index >= 15 is 0 Å². The molecule has 2 aromatic carbocycles. The molecular formula is C25H24BrFN4O. The molecule has 7 heteroatoms. The van der Waals surface area contributed by atoms with Gasteiger partial charge in [0.2, 0.25) is 0 Å². The number of rotatable bonds is 5. The van der Waals surface area contributed by atoms with E-state index in [0.717, 1.165) is 33.5 Å². The first-order valence-corrected chi connectivity index (χ1v) is 11.3. The Hall–Kier alpha value is -3.06. The fourth-order valence-electron chi connectivity index (χ4n) is 3.80. The van der Waals surface area contributed by atoms with Gasteiger partial charge >= 0.3 is 0 Å². The Kier molecular flexibility index (Phi) is 6.11. The molecule has 2 heterocycles. The van der Waals surface area contributed by atoms with Crippen molar-refractivity contribution in [2.45, 2.75) is 40.0 Å². The van der Waals surface area contributed by atoms with Crippen molar-refractivity contribution in [3.8, 4) is 5.69 Å². The van der Waals surface area contributed by atoms with Gasteiger partial charge in [-0.2, -0.15) is 9.78 Å². The molecule has 0 saturated carbocycles. The highest BCUT2D eigenvalue weighted by molar-refractivity contribution is 9.10. The molecule has 4 rings (SSSR count). The van der Waals surface area contributed by atoms with E-state index in [9.17, 15) is 9.18 Å². The van der Waals surface area contributed by atoms with Crippen LogP contribution in [0.2, 0.25) is 0 Å². The smallest absolute Gasteiger partial charge is 0.282 e. The Bertz CT molecular complexity index is 1390. The number of hydrogen-bond donors (Lipinski definition) is 0. The van der Waals surface area contributed by atoms with Crippen LogP contribution in [0.3, 0.4) is 0 Å². The zero-order valence-corrected chi connectivity index (χ0v) is 20.0. The summed E-state index contributed by atoms with van der Waals surface area (Å²) in [6.45, 7) is 8.07. The molecule has 0 radical (unpaired) electrons. The zero-order chi connectivity index (χ0) is 23.0. The van der Waals surface area contributed by atoms with Crippen molar-refractivity contribution in [3.63, 3.8) is 0 Å². The minimum absolute atomic E-state index is 0.0690. The van der Waals surface area contributed by atoms with Crippen molar-refractivity contribution in [2.24, 2.45) is 5.10 Å². The summed E-state index contributed by atoms with van der Waals surface area (Å²) >= 11 is 3.43. The van der Waals surface area contributed by atoms with E-state index in [1.54, 1.807) is 24.4 Å². The largest absolute Gasteiger partial charge is 0.318 e. The number of aromatic nitrogens is 3. The van der Waals surface area contributed by atoms with Crippen LogP contribution in [-0.2, 0) is 0 Å². The molecule has 0 unspecified atom stereocenters. The summed E-state index contributed by atoms with van der Waals surface area (Å²) in [5.41, 5.74) is 4.15. The lowest BCUT2D eigenvalue weighted by molar-refractivity contribution is 0.613. The molecule has 4 aromatic rings. The molecule has 5 nitrogen and oxygen atoms in total. The summed E-state index contributed by atoms with van der Waals surface area (Å²) in [4.78, 5) is 18.1. The van der Waals surface area contributed by atoms with Crippen molar-refractivity contribution >= 4 is 33.0 Å². The van der Waals surface area contributed by atoms with Gasteiger partial charge in [0.25, 0.3) is 5.56 Å². The van der Waals surface area contributed by atoms with Gasteiger partial charge in [-0.15, -0.1) is 0 Å².